The molecule has 1 aromatic carbocycles. The monoisotopic (exact) mass is 276 g/mol. The molecule has 0 aliphatic rings. The number of carbonyl (C=O) groups is 1. The van der Waals surface area contributed by atoms with E-state index in [9.17, 15) is 15.0 Å². The summed E-state index contributed by atoms with van der Waals surface area (Å²) < 4.78 is 0. The van der Waals surface area contributed by atoms with E-state index in [0.29, 0.717) is 6.42 Å². The third kappa shape index (κ3) is 3.01. The van der Waals surface area contributed by atoms with Gasteiger partial charge in [0.2, 0.25) is 0 Å². The molecular formula is C10H10Cl2N2O3. The molecular weight excluding hydrogens is 267 g/mol. The van der Waals surface area contributed by atoms with Crippen molar-refractivity contribution in [1.29, 1.82) is 0 Å². The lowest BCUT2D eigenvalue weighted by molar-refractivity contribution is 0.0955. The van der Waals surface area contributed by atoms with Gasteiger partial charge in [0.05, 0.1) is 15.6 Å². The molecule has 1 rings (SSSR count). The van der Waals surface area contributed by atoms with Crippen molar-refractivity contribution in [3.05, 3.63) is 21.7 Å². The highest BCUT2D eigenvalue weighted by Gasteiger charge is 2.19. The van der Waals surface area contributed by atoms with Crippen molar-refractivity contribution in [3.63, 3.8) is 0 Å². The van der Waals surface area contributed by atoms with E-state index in [-0.39, 0.29) is 15.6 Å². The van der Waals surface area contributed by atoms with E-state index in [1.807, 2.05) is 6.92 Å². The number of phenols is 2. The molecule has 0 bridgehead atoms. The number of hydrogen-bond acceptors (Lipinski definition) is 4. The highest BCUT2D eigenvalue weighted by molar-refractivity contribution is 6.38. The smallest absolute Gasteiger partial charge is 0.273 e. The molecule has 1 amide bonds. The zero-order chi connectivity index (χ0) is 13.0. The largest absolute Gasteiger partial charge is 0.503 e. The minimum absolute atomic E-state index is 0.0692. The zero-order valence-corrected chi connectivity index (χ0v) is 10.4. The van der Waals surface area contributed by atoms with Gasteiger partial charge in [0.25, 0.3) is 5.91 Å². The summed E-state index contributed by atoms with van der Waals surface area (Å²) in [5.41, 5.74) is 2.14. The van der Waals surface area contributed by atoms with Crippen LogP contribution in [0.1, 0.15) is 23.7 Å². The maximum absolute atomic E-state index is 11.6. The van der Waals surface area contributed by atoms with Gasteiger partial charge in [-0.2, -0.15) is 5.10 Å². The van der Waals surface area contributed by atoms with E-state index in [4.69, 9.17) is 23.2 Å². The maximum Gasteiger partial charge on any atom is 0.273 e. The van der Waals surface area contributed by atoms with Gasteiger partial charge in [0.1, 0.15) is 0 Å². The van der Waals surface area contributed by atoms with Gasteiger partial charge < -0.3 is 10.2 Å². The molecule has 0 unspecified atom stereocenters. The number of hydrogen-bond donors (Lipinski definition) is 3. The zero-order valence-electron chi connectivity index (χ0n) is 8.87. The number of benzene rings is 1. The molecule has 7 heteroatoms. The third-order valence-electron chi connectivity index (χ3n) is 1.85. The predicted octanol–water partition coefficient (Wildman–Crippen LogP) is 2.53. The molecule has 1 aromatic rings. The van der Waals surface area contributed by atoms with E-state index in [0.717, 1.165) is 6.07 Å². The molecule has 0 saturated carbocycles. The Bertz CT molecular complexity index is 475. The molecule has 0 heterocycles. The maximum atomic E-state index is 11.6. The van der Waals surface area contributed by atoms with Crippen LogP contribution in [0.3, 0.4) is 0 Å². The third-order valence-corrected chi connectivity index (χ3v) is 2.52. The van der Waals surface area contributed by atoms with Gasteiger partial charge in [0, 0.05) is 6.21 Å². The number of nitrogens with one attached hydrogen (secondary N) is 1. The topological polar surface area (TPSA) is 81.9 Å². The SMILES string of the molecule is CC/C=N/NC(=O)c1cc(Cl)c(O)c(O)c1Cl. The number of carbonyl (C=O) groups excluding carboxylic acids is 1. The van der Waals surface area contributed by atoms with Crippen LogP contribution < -0.4 is 5.43 Å². The fourth-order valence-electron chi connectivity index (χ4n) is 1.02. The molecule has 0 aromatic heterocycles. The standard InChI is InChI=1S/C10H10Cl2N2O3/c1-2-3-13-14-10(17)5-4-6(11)8(15)9(16)7(5)12/h3-4,15-16H,2H2,1H3,(H,14,17)/b13-3+. The minimum Gasteiger partial charge on any atom is -0.503 e. The number of aromatic hydroxyl groups is 2. The van der Waals surface area contributed by atoms with Gasteiger partial charge in [-0.1, -0.05) is 30.1 Å². The van der Waals surface area contributed by atoms with E-state index in [2.05, 4.69) is 10.5 Å². The molecule has 17 heavy (non-hydrogen) atoms. The first-order chi connectivity index (χ1) is 7.99. The highest BCUT2D eigenvalue weighted by Crippen LogP contribution is 2.41. The number of nitrogens with zero attached hydrogens (tertiary/aromatic N) is 1. The molecule has 0 spiro atoms. The molecule has 92 valence electrons. The summed E-state index contributed by atoms with van der Waals surface area (Å²) in [5.74, 6) is -1.83. The summed E-state index contributed by atoms with van der Waals surface area (Å²) in [5, 5.41) is 21.9. The molecule has 0 aliphatic heterocycles. The summed E-state index contributed by atoms with van der Waals surface area (Å²) in [6.45, 7) is 1.85. The van der Waals surface area contributed by atoms with Crippen LogP contribution in [0.4, 0.5) is 0 Å². The van der Waals surface area contributed by atoms with Gasteiger partial charge in [-0.3, -0.25) is 4.79 Å². The summed E-state index contributed by atoms with van der Waals surface area (Å²) in [6.07, 6.45) is 2.16. The Hall–Kier alpha value is -1.46. The molecule has 0 fully saturated rings. The summed E-state index contributed by atoms with van der Waals surface area (Å²) >= 11 is 11.3. The summed E-state index contributed by atoms with van der Waals surface area (Å²) in [6, 6.07) is 1.15. The van der Waals surface area contributed by atoms with E-state index in [1.54, 1.807) is 0 Å². The first kappa shape index (κ1) is 13.6. The van der Waals surface area contributed by atoms with Crippen molar-refractivity contribution < 1.29 is 15.0 Å². The fraction of sp³-hybridized carbons (Fsp3) is 0.200. The first-order valence-corrected chi connectivity index (χ1v) is 5.46. The number of amides is 1. The Morgan fingerprint density at radius 2 is 2.12 bits per heavy atom. The quantitative estimate of drug-likeness (QED) is 0.451. The fourth-order valence-corrected chi connectivity index (χ4v) is 1.45. The van der Waals surface area contributed by atoms with Crippen molar-refractivity contribution in [3.8, 4) is 11.5 Å². The minimum atomic E-state index is -0.635. The Labute approximate surface area is 108 Å². The molecule has 0 saturated heterocycles. The lowest BCUT2D eigenvalue weighted by atomic mass is 10.2. The lowest BCUT2D eigenvalue weighted by Crippen LogP contribution is -2.18. The van der Waals surface area contributed by atoms with Crippen LogP contribution in [0.15, 0.2) is 11.2 Å². The summed E-state index contributed by atoms with van der Waals surface area (Å²) in [4.78, 5) is 11.6. The second-order valence-electron chi connectivity index (χ2n) is 3.08. The highest BCUT2D eigenvalue weighted by atomic mass is 35.5. The Morgan fingerprint density at radius 3 is 2.71 bits per heavy atom. The van der Waals surface area contributed by atoms with Crippen LogP contribution in [-0.2, 0) is 0 Å². The molecule has 0 aliphatic carbocycles. The molecule has 3 N–H and O–H groups in total. The van der Waals surface area contributed by atoms with Gasteiger partial charge in [-0.15, -0.1) is 0 Å². The molecule has 0 atom stereocenters. The van der Waals surface area contributed by atoms with Gasteiger partial charge in [0.15, 0.2) is 11.5 Å². The van der Waals surface area contributed by atoms with Gasteiger partial charge in [-0.05, 0) is 12.5 Å². The van der Waals surface area contributed by atoms with Crippen LogP contribution in [0.25, 0.3) is 0 Å². The van der Waals surface area contributed by atoms with Crippen molar-refractivity contribution >= 4 is 35.3 Å². The number of rotatable bonds is 3. The van der Waals surface area contributed by atoms with Crippen molar-refractivity contribution in [2.45, 2.75) is 13.3 Å². The lowest BCUT2D eigenvalue weighted by Gasteiger charge is -2.07. The predicted molar refractivity (Wildman–Crippen MR) is 66.0 cm³/mol. The average molecular weight is 277 g/mol. The molecule has 0 radical (unpaired) electrons. The van der Waals surface area contributed by atoms with Crippen LogP contribution in [-0.4, -0.2) is 22.3 Å². The second-order valence-corrected chi connectivity index (χ2v) is 3.86. The average Bonchev–Trinajstić information content (AvgIpc) is 2.31. The second kappa shape index (κ2) is 5.75. The molecule has 5 nitrogen and oxygen atoms in total. The van der Waals surface area contributed by atoms with Crippen LogP contribution in [0, 0.1) is 0 Å². The number of phenolic OH excluding ortho intramolecular Hbond substituents is 2. The van der Waals surface area contributed by atoms with Gasteiger partial charge >= 0.3 is 0 Å². The number of hydrazone groups is 1. The van der Waals surface area contributed by atoms with Crippen LogP contribution in [0.2, 0.25) is 10.0 Å². The van der Waals surface area contributed by atoms with Gasteiger partial charge in [-0.25, -0.2) is 5.43 Å². The Balaban J connectivity index is 3.06. The van der Waals surface area contributed by atoms with E-state index >= 15 is 0 Å². The van der Waals surface area contributed by atoms with E-state index < -0.39 is 17.4 Å². The van der Waals surface area contributed by atoms with E-state index in [1.165, 1.54) is 6.21 Å². The van der Waals surface area contributed by atoms with Crippen molar-refractivity contribution in [2.24, 2.45) is 5.10 Å². The normalized spacial score (nSPS) is 10.8. The Morgan fingerprint density at radius 1 is 1.47 bits per heavy atom. The van der Waals surface area contributed by atoms with Crippen LogP contribution >= 0.6 is 23.2 Å². The van der Waals surface area contributed by atoms with Crippen LogP contribution in [0.5, 0.6) is 11.5 Å². The van der Waals surface area contributed by atoms with Crippen molar-refractivity contribution in [1.82, 2.24) is 5.43 Å². The summed E-state index contributed by atoms with van der Waals surface area (Å²) in [7, 11) is 0. The van der Waals surface area contributed by atoms with Crippen molar-refractivity contribution in [2.75, 3.05) is 0 Å². The Kier molecular flexibility index (Phi) is 4.60. The first-order valence-electron chi connectivity index (χ1n) is 4.70. The number of halogens is 2.